The van der Waals surface area contributed by atoms with Gasteiger partial charge in [-0.1, -0.05) is 39.8 Å². The lowest BCUT2D eigenvalue weighted by atomic mass is 10.1. The van der Waals surface area contributed by atoms with Gasteiger partial charge in [-0.25, -0.2) is 0 Å². The van der Waals surface area contributed by atoms with Gasteiger partial charge in [0.1, 0.15) is 5.82 Å². The van der Waals surface area contributed by atoms with Crippen molar-refractivity contribution in [2.75, 3.05) is 5.75 Å². The molecule has 0 unspecified atom stereocenters. The second-order valence-electron chi connectivity index (χ2n) is 6.60. The third-order valence-corrected chi connectivity index (χ3v) is 6.05. The van der Waals surface area contributed by atoms with E-state index in [-0.39, 0.29) is 5.78 Å². The van der Waals surface area contributed by atoms with Crippen LogP contribution in [0.2, 0.25) is 0 Å². The molecule has 126 valence electrons. The van der Waals surface area contributed by atoms with Crippen LogP contribution in [-0.4, -0.2) is 26.3 Å². The van der Waals surface area contributed by atoms with Crippen LogP contribution in [0.1, 0.15) is 66.7 Å². The Bertz CT molecular complexity index is 735. The smallest absolute Gasteiger partial charge is 0.191 e. The molecule has 4 rings (SSSR count). The van der Waals surface area contributed by atoms with Crippen LogP contribution in [0.15, 0.2) is 33.9 Å². The molecule has 2 saturated carbocycles. The minimum atomic E-state index is 0.213. The maximum atomic E-state index is 12.2. The molecule has 4 nitrogen and oxygen atoms in total. The van der Waals surface area contributed by atoms with E-state index in [4.69, 9.17) is 0 Å². The van der Waals surface area contributed by atoms with E-state index in [0.717, 1.165) is 27.4 Å². The fourth-order valence-electron chi connectivity index (χ4n) is 2.86. The van der Waals surface area contributed by atoms with Crippen LogP contribution in [-0.2, 0) is 0 Å². The van der Waals surface area contributed by atoms with Gasteiger partial charge >= 0.3 is 0 Å². The molecule has 2 aliphatic rings. The van der Waals surface area contributed by atoms with Gasteiger partial charge in [0, 0.05) is 34.2 Å². The molecule has 0 saturated heterocycles. The highest BCUT2D eigenvalue weighted by Gasteiger charge is 2.36. The van der Waals surface area contributed by atoms with Crippen molar-refractivity contribution >= 4 is 33.5 Å². The van der Waals surface area contributed by atoms with Gasteiger partial charge in [-0.05, 0) is 44.2 Å². The predicted molar refractivity (Wildman–Crippen MR) is 98.7 cm³/mol. The third kappa shape index (κ3) is 3.75. The van der Waals surface area contributed by atoms with Crippen molar-refractivity contribution < 1.29 is 4.79 Å². The number of aromatic nitrogens is 3. The standard InChI is InChI=1S/C18H20BrN3OS/c19-14-7-5-12(6-8-14)16(23)2-1-11-24-18-21-20-17(13-3-4-13)22(18)15-9-10-15/h5-8,13,15H,1-4,9-11H2. The first-order chi connectivity index (χ1) is 11.7. The van der Waals surface area contributed by atoms with Gasteiger partial charge in [0.25, 0.3) is 0 Å². The summed E-state index contributed by atoms with van der Waals surface area (Å²) in [4.78, 5) is 12.2. The first-order valence-corrected chi connectivity index (χ1v) is 10.4. The molecular formula is C18H20BrN3OS. The number of rotatable bonds is 8. The number of halogens is 1. The molecular weight excluding hydrogens is 386 g/mol. The van der Waals surface area contributed by atoms with Gasteiger partial charge < -0.3 is 4.57 Å². The number of Topliss-reactive ketones (excluding diaryl/α,β-unsaturated/α-hetero) is 1. The van der Waals surface area contributed by atoms with E-state index in [2.05, 4.69) is 30.7 Å². The van der Waals surface area contributed by atoms with Crippen molar-refractivity contribution in [3.05, 3.63) is 40.1 Å². The van der Waals surface area contributed by atoms with E-state index in [1.165, 1.54) is 31.5 Å². The summed E-state index contributed by atoms with van der Waals surface area (Å²) < 4.78 is 3.37. The Kier molecular flexibility index (Phi) is 4.77. The summed E-state index contributed by atoms with van der Waals surface area (Å²) in [7, 11) is 0. The van der Waals surface area contributed by atoms with Gasteiger partial charge in [-0.3, -0.25) is 4.79 Å². The number of ketones is 1. The molecule has 24 heavy (non-hydrogen) atoms. The van der Waals surface area contributed by atoms with Crippen molar-refractivity contribution in [3.63, 3.8) is 0 Å². The van der Waals surface area contributed by atoms with E-state index >= 15 is 0 Å². The van der Waals surface area contributed by atoms with Gasteiger partial charge in [-0.2, -0.15) is 0 Å². The Morgan fingerprint density at radius 1 is 1.17 bits per heavy atom. The molecule has 0 atom stereocenters. The Labute approximate surface area is 154 Å². The van der Waals surface area contributed by atoms with Crippen LogP contribution < -0.4 is 0 Å². The summed E-state index contributed by atoms with van der Waals surface area (Å²) in [5.41, 5.74) is 0.792. The maximum Gasteiger partial charge on any atom is 0.191 e. The molecule has 0 N–H and O–H groups in total. The Hall–Kier alpha value is -1.14. The number of hydrogen-bond donors (Lipinski definition) is 0. The summed E-state index contributed by atoms with van der Waals surface area (Å²) in [6, 6.07) is 8.22. The summed E-state index contributed by atoms with van der Waals surface area (Å²) >= 11 is 5.15. The van der Waals surface area contributed by atoms with Gasteiger partial charge in [0.05, 0.1) is 0 Å². The van der Waals surface area contributed by atoms with Crippen LogP contribution in [0.3, 0.4) is 0 Å². The molecule has 0 radical (unpaired) electrons. The second kappa shape index (κ2) is 7.00. The lowest BCUT2D eigenvalue weighted by molar-refractivity contribution is 0.0982. The van der Waals surface area contributed by atoms with E-state index in [1.54, 1.807) is 11.8 Å². The molecule has 0 bridgehead atoms. The summed E-state index contributed by atoms with van der Waals surface area (Å²) in [6.45, 7) is 0. The summed E-state index contributed by atoms with van der Waals surface area (Å²) in [5, 5.41) is 9.89. The van der Waals surface area contributed by atoms with Crippen LogP contribution in [0.5, 0.6) is 0 Å². The Morgan fingerprint density at radius 3 is 2.58 bits per heavy atom. The lowest BCUT2D eigenvalue weighted by Crippen LogP contribution is -2.03. The maximum absolute atomic E-state index is 12.2. The van der Waals surface area contributed by atoms with Crippen molar-refractivity contribution in [2.24, 2.45) is 0 Å². The van der Waals surface area contributed by atoms with E-state index < -0.39 is 0 Å². The number of nitrogens with zero attached hydrogens (tertiary/aromatic N) is 3. The van der Waals surface area contributed by atoms with Crippen LogP contribution in [0.4, 0.5) is 0 Å². The number of thioether (sulfide) groups is 1. The third-order valence-electron chi connectivity index (χ3n) is 4.49. The van der Waals surface area contributed by atoms with E-state index in [1.807, 2.05) is 24.3 Å². The predicted octanol–water partition coefficient (Wildman–Crippen LogP) is 5.01. The highest BCUT2D eigenvalue weighted by molar-refractivity contribution is 9.10. The van der Waals surface area contributed by atoms with Crippen molar-refractivity contribution in [3.8, 4) is 0 Å². The molecule has 6 heteroatoms. The molecule has 2 fully saturated rings. The molecule has 1 aromatic heterocycles. The van der Waals surface area contributed by atoms with E-state index in [9.17, 15) is 4.79 Å². The minimum absolute atomic E-state index is 0.213. The van der Waals surface area contributed by atoms with Gasteiger partial charge in [-0.15, -0.1) is 10.2 Å². The second-order valence-corrected chi connectivity index (χ2v) is 8.58. The number of carbonyl (C=O) groups is 1. The largest absolute Gasteiger partial charge is 0.303 e. The topological polar surface area (TPSA) is 47.8 Å². The van der Waals surface area contributed by atoms with Crippen molar-refractivity contribution in [1.82, 2.24) is 14.8 Å². The molecule has 2 aliphatic carbocycles. The van der Waals surface area contributed by atoms with Crippen molar-refractivity contribution in [1.29, 1.82) is 0 Å². The normalized spacial score (nSPS) is 17.2. The fourth-order valence-corrected chi connectivity index (χ4v) is 4.07. The number of hydrogen-bond acceptors (Lipinski definition) is 4. The first-order valence-electron chi connectivity index (χ1n) is 8.59. The zero-order chi connectivity index (χ0) is 16.5. The summed E-state index contributed by atoms with van der Waals surface area (Å²) in [5.74, 6) is 2.97. The SMILES string of the molecule is O=C(CCCSc1nnc(C2CC2)n1C1CC1)c1ccc(Br)cc1. The van der Waals surface area contributed by atoms with Crippen LogP contribution in [0, 0.1) is 0 Å². The Morgan fingerprint density at radius 2 is 1.92 bits per heavy atom. The fraction of sp³-hybridized carbons (Fsp3) is 0.500. The monoisotopic (exact) mass is 405 g/mol. The average Bonchev–Trinajstić information content (AvgIpc) is 3.51. The molecule has 2 aromatic rings. The summed E-state index contributed by atoms with van der Waals surface area (Å²) in [6.07, 6.45) is 6.49. The number of benzene rings is 1. The Balaban J connectivity index is 1.30. The van der Waals surface area contributed by atoms with Crippen molar-refractivity contribution in [2.45, 2.75) is 55.6 Å². The molecule has 1 aromatic carbocycles. The highest BCUT2D eigenvalue weighted by Crippen LogP contribution is 2.46. The van der Waals surface area contributed by atoms with Gasteiger partial charge in [0.15, 0.2) is 10.9 Å². The lowest BCUT2D eigenvalue weighted by Gasteiger charge is -2.07. The zero-order valence-corrected chi connectivity index (χ0v) is 15.9. The number of carbonyl (C=O) groups excluding carboxylic acids is 1. The molecule has 0 spiro atoms. The van der Waals surface area contributed by atoms with Crippen LogP contribution >= 0.6 is 27.7 Å². The van der Waals surface area contributed by atoms with Gasteiger partial charge in [0.2, 0.25) is 0 Å². The minimum Gasteiger partial charge on any atom is -0.303 e. The average molecular weight is 406 g/mol. The first kappa shape index (κ1) is 16.3. The molecule has 1 heterocycles. The molecule has 0 aliphatic heterocycles. The highest BCUT2D eigenvalue weighted by atomic mass is 79.9. The quantitative estimate of drug-likeness (QED) is 0.351. The van der Waals surface area contributed by atoms with Crippen LogP contribution in [0.25, 0.3) is 0 Å². The zero-order valence-electron chi connectivity index (χ0n) is 13.4. The molecule has 0 amide bonds. The van der Waals surface area contributed by atoms with E-state index in [0.29, 0.717) is 18.4 Å².